The molecule has 3 rings (SSSR count). The van der Waals surface area contributed by atoms with Crippen LogP contribution in [0.4, 0.5) is 5.69 Å². The molecule has 112 valence electrons. The number of aromatic nitrogens is 1. The van der Waals surface area contributed by atoms with Crippen molar-refractivity contribution in [2.24, 2.45) is 0 Å². The van der Waals surface area contributed by atoms with Crippen LogP contribution in [-0.2, 0) is 11.2 Å². The molecule has 1 atom stereocenters. The van der Waals surface area contributed by atoms with Crippen LogP contribution in [0.2, 0.25) is 0 Å². The molecule has 1 aromatic heterocycles. The molecule has 23 heavy (non-hydrogen) atoms. The number of aliphatic carboxylic acids is 1. The summed E-state index contributed by atoms with van der Waals surface area (Å²) >= 11 is 0. The Hall–Kier alpha value is -1.75. The van der Waals surface area contributed by atoms with E-state index in [-0.39, 0.29) is 29.6 Å². The Labute approximate surface area is 157 Å². The van der Waals surface area contributed by atoms with Crippen molar-refractivity contribution in [3.63, 3.8) is 0 Å². The minimum absolute atomic E-state index is 0. The second-order valence-electron chi connectivity index (χ2n) is 5.45. The summed E-state index contributed by atoms with van der Waals surface area (Å²) in [6.45, 7) is 1.99. The van der Waals surface area contributed by atoms with Gasteiger partial charge in [0.25, 0.3) is 0 Å². The molecule has 0 aliphatic carbocycles. The number of hydrogen-bond donors (Lipinski definition) is 2. The van der Waals surface area contributed by atoms with Gasteiger partial charge in [-0.1, -0.05) is 35.9 Å². The van der Waals surface area contributed by atoms with Crippen molar-refractivity contribution in [3.8, 4) is 0 Å². The van der Waals surface area contributed by atoms with Crippen LogP contribution in [-0.4, -0.2) is 17.0 Å². The van der Waals surface area contributed by atoms with Crippen molar-refractivity contribution in [3.05, 3.63) is 65.9 Å². The van der Waals surface area contributed by atoms with Crippen LogP contribution in [0.3, 0.4) is 0 Å². The number of carbonyl (C=O) groups is 1. The van der Waals surface area contributed by atoms with Gasteiger partial charge in [0.15, 0.2) is 0 Å². The first-order chi connectivity index (χ1) is 10.6. The third-order valence-electron chi connectivity index (χ3n) is 3.78. The molecule has 4 nitrogen and oxygen atoms in total. The van der Waals surface area contributed by atoms with Gasteiger partial charge in [0.1, 0.15) is 0 Å². The number of carbonyl (C=O) groups excluding carboxylic acids is 1. The quantitative estimate of drug-likeness (QED) is 0.609. The number of hydrogen-bond acceptors (Lipinski definition) is 3. The molecule has 3 aromatic rings. The zero-order valence-corrected chi connectivity index (χ0v) is 15.3. The number of anilines is 1. The summed E-state index contributed by atoms with van der Waals surface area (Å²) in [6.07, 6.45) is 2.22. The first kappa shape index (κ1) is 17.6. The first-order valence-corrected chi connectivity index (χ1v) is 7.22. The van der Waals surface area contributed by atoms with Gasteiger partial charge in [-0.15, -0.1) is 0 Å². The Morgan fingerprint density at radius 3 is 2.57 bits per heavy atom. The zero-order valence-electron chi connectivity index (χ0n) is 13.3. The average Bonchev–Trinajstić information content (AvgIpc) is 2.92. The Balaban J connectivity index is 0.00000192. The summed E-state index contributed by atoms with van der Waals surface area (Å²) in [4.78, 5) is 14.6. The van der Waals surface area contributed by atoms with E-state index in [0.717, 1.165) is 27.7 Å². The van der Waals surface area contributed by atoms with Crippen LogP contribution in [0.5, 0.6) is 0 Å². The van der Waals surface area contributed by atoms with E-state index >= 15 is 0 Å². The molecule has 2 N–H and O–H groups in total. The Morgan fingerprint density at radius 1 is 1.17 bits per heavy atom. The Kier molecular flexibility index (Phi) is 5.88. The maximum atomic E-state index is 11.4. The van der Waals surface area contributed by atoms with Crippen molar-refractivity contribution in [1.82, 2.24) is 4.98 Å². The van der Waals surface area contributed by atoms with Crippen LogP contribution < -0.4 is 40.0 Å². The van der Waals surface area contributed by atoms with Gasteiger partial charge in [-0.3, -0.25) is 0 Å². The van der Waals surface area contributed by atoms with Gasteiger partial charge < -0.3 is 20.2 Å². The van der Waals surface area contributed by atoms with E-state index in [9.17, 15) is 9.90 Å². The second-order valence-corrected chi connectivity index (χ2v) is 5.45. The molecule has 0 aliphatic heterocycles. The summed E-state index contributed by atoms with van der Waals surface area (Å²) in [7, 11) is 0. The van der Waals surface area contributed by atoms with Gasteiger partial charge >= 0.3 is 29.6 Å². The van der Waals surface area contributed by atoms with Crippen molar-refractivity contribution < 1.29 is 39.5 Å². The largest absolute Gasteiger partial charge is 1.00 e. The second kappa shape index (κ2) is 7.68. The number of nitrogens with one attached hydrogen (secondary N) is 2. The minimum atomic E-state index is -1.11. The molecule has 0 spiro atoms. The van der Waals surface area contributed by atoms with E-state index in [1.54, 1.807) is 0 Å². The van der Waals surface area contributed by atoms with E-state index in [1.807, 2.05) is 61.7 Å². The number of H-pyrrole nitrogens is 1. The standard InChI is InChI=1S/C18H18N2O2.Na/c1-12-6-8-14(9-7-12)20-17(18(21)22)10-13-11-19-16-5-3-2-4-15(13)16;/h2-9,11,17,19-20H,10H2,1H3,(H,21,22);/q;+1/p-1/t17-;/m0./s1. The summed E-state index contributed by atoms with van der Waals surface area (Å²) in [6, 6.07) is 14.7. The Bertz CT molecular complexity index is 796. The predicted molar refractivity (Wildman–Crippen MR) is 85.6 cm³/mol. The summed E-state index contributed by atoms with van der Waals surface area (Å²) in [5, 5.41) is 15.5. The third kappa shape index (κ3) is 4.16. The van der Waals surface area contributed by atoms with E-state index in [4.69, 9.17) is 0 Å². The topological polar surface area (TPSA) is 68.0 Å². The number of aromatic amines is 1. The van der Waals surface area contributed by atoms with Crippen LogP contribution >= 0.6 is 0 Å². The molecule has 0 bridgehead atoms. The SMILES string of the molecule is Cc1ccc(N[C@@H](Cc2c[nH]c3ccccc23)C(=O)[O-])cc1.[Na+]. The molecule has 0 fully saturated rings. The van der Waals surface area contributed by atoms with Crippen LogP contribution in [0.1, 0.15) is 11.1 Å². The Morgan fingerprint density at radius 2 is 1.87 bits per heavy atom. The molecule has 0 aliphatic rings. The molecule has 5 heteroatoms. The monoisotopic (exact) mass is 316 g/mol. The minimum Gasteiger partial charge on any atom is -0.548 e. The van der Waals surface area contributed by atoms with Gasteiger partial charge in [-0.2, -0.15) is 0 Å². The fourth-order valence-corrected chi connectivity index (χ4v) is 2.56. The third-order valence-corrected chi connectivity index (χ3v) is 3.78. The maximum absolute atomic E-state index is 11.4. The van der Waals surface area contributed by atoms with E-state index in [0.29, 0.717) is 6.42 Å². The van der Waals surface area contributed by atoms with Crippen LogP contribution in [0.15, 0.2) is 54.7 Å². The van der Waals surface area contributed by atoms with Gasteiger partial charge in [0.05, 0.1) is 12.0 Å². The van der Waals surface area contributed by atoms with E-state index in [1.165, 1.54) is 0 Å². The smallest absolute Gasteiger partial charge is 0.548 e. The number of carboxylic acid groups (broad SMARTS) is 1. The summed E-state index contributed by atoms with van der Waals surface area (Å²) in [5.74, 6) is -1.11. The molecular weight excluding hydrogens is 299 g/mol. The van der Waals surface area contributed by atoms with Crippen molar-refractivity contribution in [2.45, 2.75) is 19.4 Å². The van der Waals surface area contributed by atoms with Gasteiger partial charge in [0, 0.05) is 29.2 Å². The predicted octanol–water partition coefficient (Wildman–Crippen LogP) is -0.747. The fraction of sp³-hybridized carbons (Fsp3) is 0.167. The summed E-state index contributed by atoms with van der Waals surface area (Å²) < 4.78 is 0. The molecule has 2 aromatic carbocycles. The molecule has 1 heterocycles. The number of benzene rings is 2. The number of rotatable bonds is 5. The molecule has 0 saturated carbocycles. The maximum Gasteiger partial charge on any atom is 1.00 e. The average molecular weight is 316 g/mol. The summed E-state index contributed by atoms with van der Waals surface area (Å²) in [5.41, 5.74) is 3.88. The van der Waals surface area contributed by atoms with E-state index < -0.39 is 12.0 Å². The molecule has 0 radical (unpaired) electrons. The first-order valence-electron chi connectivity index (χ1n) is 7.22. The fourth-order valence-electron chi connectivity index (χ4n) is 2.56. The molecule has 0 amide bonds. The number of aryl methyl sites for hydroxylation is 1. The molecule has 0 saturated heterocycles. The van der Waals surface area contributed by atoms with Crippen LogP contribution in [0, 0.1) is 6.92 Å². The molecule has 0 unspecified atom stereocenters. The number of carboxylic acids is 1. The number of fused-ring (bicyclic) bond motifs is 1. The van der Waals surface area contributed by atoms with Crippen molar-refractivity contribution in [2.75, 3.05) is 5.32 Å². The van der Waals surface area contributed by atoms with Crippen LogP contribution in [0.25, 0.3) is 10.9 Å². The van der Waals surface area contributed by atoms with Crippen molar-refractivity contribution in [1.29, 1.82) is 0 Å². The number of para-hydroxylation sites is 1. The molecular formula is C18H17N2NaO2. The van der Waals surface area contributed by atoms with Gasteiger partial charge in [0.2, 0.25) is 0 Å². The van der Waals surface area contributed by atoms with E-state index in [2.05, 4.69) is 10.3 Å². The normalized spacial score (nSPS) is 11.7. The van der Waals surface area contributed by atoms with Gasteiger partial charge in [-0.25, -0.2) is 0 Å². The van der Waals surface area contributed by atoms with Crippen molar-refractivity contribution >= 4 is 22.6 Å². The van der Waals surface area contributed by atoms with Gasteiger partial charge in [-0.05, 0) is 30.7 Å². The zero-order chi connectivity index (χ0) is 15.5.